The molecule has 4 nitrogen and oxygen atoms in total. The lowest BCUT2D eigenvalue weighted by Crippen LogP contribution is -2.15. The first kappa shape index (κ1) is 13.8. The number of aliphatic carboxylic acids is 1. The monoisotopic (exact) mass is 308 g/mol. The molecule has 0 bridgehead atoms. The zero-order chi connectivity index (χ0) is 14.1. The van der Waals surface area contributed by atoms with Gasteiger partial charge in [0, 0.05) is 10.3 Å². The van der Waals surface area contributed by atoms with Gasteiger partial charge in [0.25, 0.3) is 0 Å². The number of rotatable bonds is 4. The number of carboxylic acids is 1. The van der Waals surface area contributed by atoms with Gasteiger partial charge in [-0.15, -0.1) is 11.3 Å². The molecule has 1 N–H and O–H groups in total. The topological polar surface area (TPSA) is 63.1 Å². The Bertz CT molecular complexity index is 654. The fourth-order valence-corrected chi connectivity index (χ4v) is 4.87. The van der Waals surface area contributed by atoms with Crippen LogP contribution >= 0.6 is 23.1 Å². The van der Waals surface area contributed by atoms with E-state index in [4.69, 9.17) is 0 Å². The van der Waals surface area contributed by atoms with Gasteiger partial charge in [-0.25, -0.2) is 9.97 Å². The summed E-state index contributed by atoms with van der Waals surface area (Å²) in [5.74, 6) is -0.770. The molecule has 1 aliphatic carbocycles. The van der Waals surface area contributed by atoms with E-state index in [1.54, 1.807) is 17.7 Å². The number of thioether (sulfide) groups is 1. The zero-order valence-electron chi connectivity index (χ0n) is 11.3. The van der Waals surface area contributed by atoms with Crippen LogP contribution in [0.5, 0.6) is 0 Å². The van der Waals surface area contributed by atoms with Crippen molar-refractivity contribution in [1.82, 2.24) is 9.97 Å². The summed E-state index contributed by atoms with van der Waals surface area (Å²) in [4.78, 5) is 22.4. The molecule has 0 amide bonds. The number of fused-ring (bicyclic) bond motifs is 3. The van der Waals surface area contributed by atoms with Crippen LogP contribution in [0.25, 0.3) is 10.2 Å². The second-order valence-electron chi connectivity index (χ2n) is 4.92. The number of nitrogens with zero attached hydrogens (tertiary/aromatic N) is 2. The van der Waals surface area contributed by atoms with Crippen molar-refractivity contribution in [2.75, 3.05) is 0 Å². The summed E-state index contributed by atoms with van der Waals surface area (Å²) in [5, 5.41) is 10.7. The third kappa shape index (κ3) is 2.42. The van der Waals surface area contributed by atoms with Gasteiger partial charge in [-0.3, -0.25) is 4.79 Å². The Morgan fingerprint density at radius 2 is 2.25 bits per heavy atom. The molecule has 2 heterocycles. The molecule has 20 heavy (non-hydrogen) atoms. The van der Waals surface area contributed by atoms with Gasteiger partial charge in [0.05, 0.1) is 0 Å². The predicted molar refractivity (Wildman–Crippen MR) is 81.6 cm³/mol. The summed E-state index contributed by atoms with van der Waals surface area (Å²) in [5.41, 5.74) is 1.36. The number of thiophene rings is 1. The number of aryl methyl sites for hydroxylation is 2. The van der Waals surface area contributed by atoms with Crippen molar-refractivity contribution >= 4 is 39.3 Å². The molecule has 0 saturated carbocycles. The largest absolute Gasteiger partial charge is 0.480 e. The third-order valence-corrected chi connectivity index (χ3v) is 6.17. The predicted octanol–water partition coefficient (Wildman–Crippen LogP) is 3.53. The summed E-state index contributed by atoms with van der Waals surface area (Å²) in [7, 11) is 0. The van der Waals surface area contributed by atoms with E-state index in [1.807, 2.05) is 6.92 Å². The third-order valence-electron chi connectivity index (χ3n) is 3.62. The molecule has 1 atom stereocenters. The van der Waals surface area contributed by atoms with Crippen molar-refractivity contribution in [2.45, 2.75) is 49.3 Å². The second-order valence-corrected chi connectivity index (χ2v) is 7.20. The van der Waals surface area contributed by atoms with Crippen LogP contribution in [0.3, 0.4) is 0 Å². The van der Waals surface area contributed by atoms with Crippen LogP contribution in [0.2, 0.25) is 0 Å². The van der Waals surface area contributed by atoms with Gasteiger partial charge in [0.15, 0.2) is 0 Å². The summed E-state index contributed by atoms with van der Waals surface area (Å²) in [6.45, 7) is 1.90. The van der Waals surface area contributed by atoms with Crippen LogP contribution < -0.4 is 0 Å². The molecule has 6 heteroatoms. The van der Waals surface area contributed by atoms with E-state index in [9.17, 15) is 9.90 Å². The average Bonchev–Trinajstić information content (AvgIpc) is 2.83. The minimum Gasteiger partial charge on any atom is -0.480 e. The molecule has 0 saturated heterocycles. The lowest BCUT2D eigenvalue weighted by molar-refractivity contribution is -0.136. The van der Waals surface area contributed by atoms with E-state index < -0.39 is 11.2 Å². The van der Waals surface area contributed by atoms with Crippen LogP contribution in [0, 0.1) is 0 Å². The van der Waals surface area contributed by atoms with Crippen LogP contribution in [0.15, 0.2) is 11.4 Å². The molecule has 0 spiro atoms. The Hall–Kier alpha value is -1.14. The van der Waals surface area contributed by atoms with Crippen molar-refractivity contribution < 1.29 is 9.90 Å². The van der Waals surface area contributed by atoms with Gasteiger partial charge in [0.2, 0.25) is 0 Å². The van der Waals surface area contributed by atoms with Crippen molar-refractivity contribution in [3.05, 3.63) is 16.8 Å². The lowest BCUT2D eigenvalue weighted by atomic mass is 9.97. The Kier molecular flexibility index (Phi) is 3.94. The van der Waals surface area contributed by atoms with Crippen molar-refractivity contribution in [1.29, 1.82) is 0 Å². The smallest absolute Gasteiger partial charge is 0.317 e. The lowest BCUT2D eigenvalue weighted by Gasteiger charge is -2.13. The van der Waals surface area contributed by atoms with Crippen LogP contribution in [0.1, 0.15) is 36.6 Å². The highest BCUT2D eigenvalue weighted by atomic mass is 32.2. The first-order chi connectivity index (χ1) is 9.70. The van der Waals surface area contributed by atoms with E-state index in [0.717, 1.165) is 28.1 Å². The number of carboxylic acid groups (broad SMARTS) is 1. The van der Waals surface area contributed by atoms with E-state index in [-0.39, 0.29) is 0 Å². The number of carbonyl (C=O) groups is 1. The zero-order valence-corrected chi connectivity index (χ0v) is 12.9. The SMILES string of the molecule is CC[C@@H](Sc1ncnc2sc3c(c12)CCCC3)C(=O)O. The molecular weight excluding hydrogens is 292 g/mol. The molecule has 106 valence electrons. The summed E-state index contributed by atoms with van der Waals surface area (Å²) in [6, 6.07) is 0. The number of hydrogen-bond acceptors (Lipinski definition) is 5. The van der Waals surface area contributed by atoms with E-state index in [0.29, 0.717) is 6.42 Å². The molecule has 0 unspecified atom stereocenters. The molecule has 3 rings (SSSR count). The molecule has 0 radical (unpaired) electrons. The minimum atomic E-state index is -0.770. The van der Waals surface area contributed by atoms with Gasteiger partial charge in [-0.1, -0.05) is 18.7 Å². The maximum Gasteiger partial charge on any atom is 0.317 e. The van der Waals surface area contributed by atoms with Crippen LogP contribution in [-0.4, -0.2) is 26.3 Å². The minimum absolute atomic E-state index is 0.438. The molecular formula is C14H16N2O2S2. The van der Waals surface area contributed by atoms with E-state index in [2.05, 4.69) is 9.97 Å². The summed E-state index contributed by atoms with van der Waals surface area (Å²) < 4.78 is 0. The number of aromatic nitrogens is 2. The molecule has 2 aromatic heterocycles. The highest BCUT2D eigenvalue weighted by Gasteiger charge is 2.23. The second kappa shape index (κ2) is 5.69. The highest BCUT2D eigenvalue weighted by molar-refractivity contribution is 8.00. The Morgan fingerprint density at radius 1 is 1.45 bits per heavy atom. The Labute approximate surface area is 125 Å². The van der Waals surface area contributed by atoms with Crippen molar-refractivity contribution in [2.24, 2.45) is 0 Å². The molecule has 0 aliphatic heterocycles. The summed E-state index contributed by atoms with van der Waals surface area (Å²) in [6.07, 6.45) is 6.78. The standard InChI is InChI=1S/C14H16N2O2S2/c1-2-9(14(17)18)19-12-11-8-5-3-4-6-10(8)20-13(11)16-7-15-12/h7,9H,2-6H2,1H3,(H,17,18)/t9-/m1/s1. The molecule has 0 aromatic carbocycles. The van der Waals surface area contributed by atoms with Crippen LogP contribution in [0.4, 0.5) is 0 Å². The van der Waals surface area contributed by atoms with Gasteiger partial charge >= 0.3 is 5.97 Å². The fraction of sp³-hybridized carbons (Fsp3) is 0.500. The first-order valence-corrected chi connectivity index (χ1v) is 8.55. The Balaban J connectivity index is 2.06. The maximum absolute atomic E-state index is 11.2. The average molecular weight is 308 g/mol. The normalized spacial score (nSPS) is 16.1. The Morgan fingerprint density at radius 3 is 3.00 bits per heavy atom. The van der Waals surface area contributed by atoms with Crippen LogP contribution in [-0.2, 0) is 17.6 Å². The maximum atomic E-state index is 11.2. The van der Waals surface area contributed by atoms with Crippen molar-refractivity contribution in [3.8, 4) is 0 Å². The van der Waals surface area contributed by atoms with Gasteiger partial charge in [-0.05, 0) is 37.7 Å². The molecule has 1 aliphatic rings. The van der Waals surface area contributed by atoms with Gasteiger partial charge in [-0.2, -0.15) is 0 Å². The van der Waals surface area contributed by atoms with Gasteiger partial charge < -0.3 is 5.11 Å². The van der Waals surface area contributed by atoms with Gasteiger partial charge in [0.1, 0.15) is 21.4 Å². The quantitative estimate of drug-likeness (QED) is 0.691. The first-order valence-electron chi connectivity index (χ1n) is 6.85. The summed E-state index contributed by atoms with van der Waals surface area (Å²) >= 11 is 3.10. The molecule has 0 fully saturated rings. The highest BCUT2D eigenvalue weighted by Crippen LogP contribution is 2.40. The van der Waals surface area contributed by atoms with E-state index >= 15 is 0 Å². The fourth-order valence-electron chi connectivity index (χ4n) is 2.59. The molecule has 2 aromatic rings. The number of hydrogen-bond donors (Lipinski definition) is 1. The van der Waals surface area contributed by atoms with Crippen molar-refractivity contribution in [3.63, 3.8) is 0 Å². The van der Waals surface area contributed by atoms with E-state index in [1.165, 1.54) is 35.0 Å².